The highest BCUT2D eigenvalue weighted by atomic mass is 35.5. The number of halogens is 1. The van der Waals surface area contributed by atoms with Crippen LogP contribution in [0.4, 0.5) is 5.69 Å². The van der Waals surface area contributed by atoms with E-state index in [2.05, 4.69) is 16.6 Å². The average molecular weight is 331 g/mol. The summed E-state index contributed by atoms with van der Waals surface area (Å²) in [4.78, 5) is 0. The first-order chi connectivity index (χ1) is 9.84. The van der Waals surface area contributed by atoms with Crippen molar-refractivity contribution >= 4 is 27.3 Å². The molecule has 0 aromatic heterocycles. The Kier molecular flexibility index (Phi) is 6.99. The van der Waals surface area contributed by atoms with E-state index in [1.807, 2.05) is 13.8 Å². The van der Waals surface area contributed by atoms with Crippen molar-refractivity contribution in [3.05, 3.63) is 28.8 Å². The summed E-state index contributed by atoms with van der Waals surface area (Å²) in [6, 6.07) is 4.76. The van der Waals surface area contributed by atoms with Gasteiger partial charge in [0.05, 0.1) is 36.3 Å². The van der Waals surface area contributed by atoms with Crippen molar-refractivity contribution in [3.8, 4) is 11.8 Å². The van der Waals surface area contributed by atoms with Crippen LogP contribution in [0.15, 0.2) is 18.2 Å². The lowest BCUT2D eigenvalue weighted by Gasteiger charge is -2.11. The molecule has 0 spiro atoms. The maximum Gasteiger partial charge on any atom is 0.235 e. The molecule has 0 amide bonds. The van der Waals surface area contributed by atoms with E-state index in [-0.39, 0.29) is 25.0 Å². The molecule has 0 aliphatic carbocycles. The third-order valence-electron chi connectivity index (χ3n) is 2.38. The zero-order valence-electron chi connectivity index (χ0n) is 12.0. The SMILES string of the molecule is CC(C)OCCS(=O)(=O)Nc1ccc(Cl)cc1C#CCN. The molecule has 0 bridgehead atoms. The van der Waals surface area contributed by atoms with E-state index in [0.29, 0.717) is 16.3 Å². The second-order valence-corrected chi connectivity index (χ2v) is 6.81. The Hall–Kier alpha value is -1.26. The van der Waals surface area contributed by atoms with Crippen LogP contribution in [-0.2, 0) is 14.8 Å². The third-order valence-corrected chi connectivity index (χ3v) is 3.85. The van der Waals surface area contributed by atoms with Crippen molar-refractivity contribution in [2.24, 2.45) is 5.73 Å². The standard InChI is InChI=1S/C14H19ClN2O3S/c1-11(2)20-8-9-21(18,19)17-14-6-5-13(15)10-12(14)4-3-7-16/h5-6,10-11,17H,7-9,16H2,1-2H3. The zero-order chi connectivity index (χ0) is 15.9. The van der Waals surface area contributed by atoms with Crippen molar-refractivity contribution < 1.29 is 13.2 Å². The van der Waals surface area contributed by atoms with Crippen LogP contribution in [0.5, 0.6) is 0 Å². The lowest BCUT2D eigenvalue weighted by molar-refractivity contribution is 0.0913. The highest BCUT2D eigenvalue weighted by Crippen LogP contribution is 2.21. The number of anilines is 1. The highest BCUT2D eigenvalue weighted by molar-refractivity contribution is 7.92. The maximum absolute atomic E-state index is 12.0. The van der Waals surface area contributed by atoms with Gasteiger partial charge < -0.3 is 10.5 Å². The smallest absolute Gasteiger partial charge is 0.235 e. The van der Waals surface area contributed by atoms with Crippen LogP contribution in [0.3, 0.4) is 0 Å². The van der Waals surface area contributed by atoms with Gasteiger partial charge in [-0.15, -0.1) is 0 Å². The monoisotopic (exact) mass is 330 g/mol. The Morgan fingerprint density at radius 3 is 2.76 bits per heavy atom. The summed E-state index contributed by atoms with van der Waals surface area (Å²) in [5, 5.41) is 0.474. The van der Waals surface area contributed by atoms with Crippen LogP contribution in [0.25, 0.3) is 0 Å². The molecular formula is C14H19ClN2O3S. The first-order valence-electron chi connectivity index (χ1n) is 6.44. The fraction of sp³-hybridized carbons (Fsp3) is 0.429. The Morgan fingerprint density at radius 2 is 2.14 bits per heavy atom. The molecule has 7 heteroatoms. The minimum Gasteiger partial charge on any atom is -0.378 e. The molecule has 0 atom stereocenters. The molecule has 1 aromatic carbocycles. The summed E-state index contributed by atoms with van der Waals surface area (Å²) in [6.07, 6.45) is -0.0123. The van der Waals surface area contributed by atoms with Gasteiger partial charge in [0.25, 0.3) is 0 Å². The van der Waals surface area contributed by atoms with E-state index in [1.165, 1.54) is 0 Å². The third kappa shape index (κ3) is 6.82. The largest absolute Gasteiger partial charge is 0.378 e. The number of rotatable bonds is 6. The molecule has 1 rings (SSSR count). The van der Waals surface area contributed by atoms with E-state index in [0.717, 1.165) is 0 Å². The van der Waals surface area contributed by atoms with Gasteiger partial charge in [0.15, 0.2) is 0 Å². The quantitative estimate of drug-likeness (QED) is 0.779. The van der Waals surface area contributed by atoms with Gasteiger partial charge in [0.1, 0.15) is 0 Å². The molecule has 21 heavy (non-hydrogen) atoms. The predicted octanol–water partition coefficient (Wildman–Crippen LogP) is 1.82. The van der Waals surface area contributed by atoms with E-state index in [9.17, 15) is 8.42 Å². The number of hydrogen-bond acceptors (Lipinski definition) is 4. The van der Waals surface area contributed by atoms with Gasteiger partial charge in [-0.2, -0.15) is 0 Å². The number of nitrogens with two attached hydrogens (primary N) is 1. The van der Waals surface area contributed by atoms with Crippen molar-refractivity contribution in [2.75, 3.05) is 23.6 Å². The van der Waals surface area contributed by atoms with Crippen molar-refractivity contribution in [1.82, 2.24) is 0 Å². The van der Waals surface area contributed by atoms with Crippen LogP contribution >= 0.6 is 11.6 Å². The second-order valence-electron chi connectivity index (χ2n) is 4.54. The fourth-order valence-corrected chi connectivity index (χ4v) is 2.57. The number of ether oxygens (including phenoxy) is 1. The first kappa shape index (κ1) is 17.8. The van der Waals surface area contributed by atoms with Crippen LogP contribution in [-0.4, -0.2) is 33.4 Å². The molecule has 0 unspecified atom stereocenters. The molecule has 1 aromatic rings. The molecule has 3 N–H and O–H groups in total. The molecule has 116 valence electrons. The number of hydrogen-bond donors (Lipinski definition) is 2. The number of nitrogens with one attached hydrogen (secondary N) is 1. The minimum absolute atomic E-state index is 0.0123. The molecule has 0 saturated heterocycles. The Bertz CT molecular complexity index is 633. The highest BCUT2D eigenvalue weighted by Gasteiger charge is 2.13. The van der Waals surface area contributed by atoms with Crippen LogP contribution in [0.1, 0.15) is 19.4 Å². The molecule has 0 heterocycles. The Balaban J connectivity index is 2.86. The normalized spacial score (nSPS) is 11.1. The van der Waals surface area contributed by atoms with E-state index >= 15 is 0 Å². The van der Waals surface area contributed by atoms with Gasteiger partial charge in [-0.05, 0) is 32.0 Å². The second kappa shape index (κ2) is 8.25. The van der Waals surface area contributed by atoms with Gasteiger partial charge >= 0.3 is 0 Å². The molecule has 0 saturated carbocycles. The number of sulfonamides is 1. The van der Waals surface area contributed by atoms with Crippen molar-refractivity contribution in [3.63, 3.8) is 0 Å². The first-order valence-corrected chi connectivity index (χ1v) is 8.47. The van der Waals surface area contributed by atoms with Gasteiger partial charge in [-0.3, -0.25) is 4.72 Å². The van der Waals surface area contributed by atoms with Crippen molar-refractivity contribution in [2.45, 2.75) is 20.0 Å². The summed E-state index contributed by atoms with van der Waals surface area (Å²) in [6.45, 7) is 4.00. The maximum atomic E-state index is 12.0. The topological polar surface area (TPSA) is 81.4 Å². The Labute approximate surface area is 130 Å². The molecular weight excluding hydrogens is 312 g/mol. The summed E-state index contributed by atoms with van der Waals surface area (Å²) in [5.74, 6) is 5.34. The van der Waals surface area contributed by atoms with Gasteiger partial charge in [-0.1, -0.05) is 23.4 Å². The van der Waals surface area contributed by atoms with E-state index < -0.39 is 10.0 Å². The lowest BCUT2D eigenvalue weighted by Crippen LogP contribution is -2.22. The molecule has 0 radical (unpaired) electrons. The van der Waals surface area contributed by atoms with Gasteiger partial charge in [0, 0.05) is 5.02 Å². The Morgan fingerprint density at radius 1 is 1.43 bits per heavy atom. The predicted molar refractivity (Wildman–Crippen MR) is 85.9 cm³/mol. The van der Waals surface area contributed by atoms with Crippen LogP contribution in [0.2, 0.25) is 5.02 Å². The molecule has 0 aliphatic heterocycles. The van der Waals surface area contributed by atoms with Crippen LogP contribution < -0.4 is 10.5 Å². The number of benzene rings is 1. The van der Waals surface area contributed by atoms with Gasteiger partial charge in [0.2, 0.25) is 10.0 Å². The van der Waals surface area contributed by atoms with Gasteiger partial charge in [-0.25, -0.2) is 8.42 Å². The minimum atomic E-state index is -3.51. The van der Waals surface area contributed by atoms with E-state index in [1.54, 1.807) is 18.2 Å². The van der Waals surface area contributed by atoms with E-state index in [4.69, 9.17) is 22.1 Å². The summed E-state index contributed by atoms with van der Waals surface area (Å²) >= 11 is 5.89. The summed E-state index contributed by atoms with van der Waals surface area (Å²) in [7, 11) is -3.51. The zero-order valence-corrected chi connectivity index (χ0v) is 13.6. The average Bonchev–Trinajstić information content (AvgIpc) is 2.38. The molecule has 0 aliphatic rings. The molecule has 5 nitrogen and oxygen atoms in total. The fourth-order valence-electron chi connectivity index (χ4n) is 1.47. The van der Waals surface area contributed by atoms with Crippen molar-refractivity contribution in [1.29, 1.82) is 0 Å². The molecule has 0 fully saturated rings. The van der Waals surface area contributed by atoms with Crippen LogP contribution in [0, 0.1) is 11.8 Å². The summed E-state index contributed by atoms with van der Waals surface area (Å²) in [5.41, 5.74) is 6.19. The lowest BCUT2D eigenvalue weighted by atomic mass is 10.2. The summed E-state index contributed by atoms with van der Waals surface area (Å²) < 4.78 is 31.7.